The van der Waals surface area contributed by atoms with Gasteiger partial charge in [0.25, 0.3) is 0 Å². The molecule has 0 aliphatic heterocycles. The summed E-state index contributed by atoms with van der Waals surface area (Å²) < 4.78 is 6.22. The monoisotopic (exact) mass is 286 g/mol. The Morgan fingerprint density at radius 2 is 2.12 bits per heavy atom. The van der Waals surface area contributed by atoms with Gasteiger partial charge >= 0.3 is 0 Å². The SMILES string of the molecule is COc1cc(NCCCN(C)C)ccc1Br. The fraction of sp³-hybridized carbons (Fsp3) is 0.500. The summed E-state index contributed by atoms with van der Waals surface area (Å²) in [5.74, 6) is 0.859. The Bertz CT molecular complexity index is 329. The van der Waals surface area contributed by atoms with E-state index < -0.39 is 0 Å². The van der Waals surface area contributed by atoms with Crippen molar-refractivity contribution in [2.24, 2.45) is 0 Å². The number of rotatable bonds is 6. The average Bonchev–Trinajstić information content (AvgIpc) is 2.26. The quantitative estimate of drug-likeness (QED) is 0.814. The molecule has 16 heavy (non-hydrogen) atoms. The van der Waals surface area contributed by atoms with Crippen LogP contribution in [0.5, 0.6) is 5.75 Å². The van der Waals surface area contributed by atoms with Crippen molar-refractivity contribution < 1.29 is 4.74 Å². The molecule has 0 amide bonds. The van der Waals surface area contributed by atoms with E-state index in [0.717, 1.165) is 35.4 Å². The fourth-order valence-corrected chi connectivity index (χ4v) is 1.81. The molecule has 0 radical (unpaired) electrons. The highest BCUT2D eigenvalue weighted by Gasteiger charge is 2.00. The first-order valence-electron chi connectivity index (χ1n) is 5.35. The molecule has 0 saturated carbocycles. The van der Waals surface area contributed by atoms with Crippen molar-refractivity contribution in [1.29, 1.82) is 0 Å². The molecule has 0 saturated heterocycles. The first-order chi connectivity index (χ1) is 7.63. The van der Waals surface area contributed by atoms with E-state index in [1.54, 1.807) is 7.11 Å². The van der Waals surface area contributed by atoms with E-state index in [2.05, 4.69) is 40.2 Å². The largest absolute Gasteiger partial charge is 0.495 e. The summed E-state index contributed by atoms with van der Waals surface area (Å²) in [6.45, 7) is 2.07. The molecule has 0 fully saturated rings. The molecule has 0 unspecified atom stereocenters. The van der Waals surface area contributed by atoms with Crippen LogP contribution in [0, 0.1) is 0 Å². The molecule has 0 aliphatic rings. The summed E-state index contributed by atoms with van der Waals surface area (Å²) >= 11 is 3.43. The minimum absolute atomic E-state index is 0.859. The molecule has 0 aromatic heterocycles. The van der Waals surface area contributed by atoms with E-state index in [-0.39, 0.29) is 0 Å². The number of hydrogen-bond acceptors (Lipinski definition) is 3. The minimum atomic E-state index is 0.859. The second-order valence-corrected chi connectivity index (χ2v) is 4.79. The van der Waals surface area contributed by atoms with E-state index in [0.29, 0.717) is 0 Å². The summed E-state index contributed by atoms with van der Waals surface area (Å²) in [5.41, 5.74) is 1.10. The molecule has 0 heterocycles. The van der Waals surface area contributed by atoms with E-state index in [1.807, 2.05) is 18.2 Å². The lowest BCUT2D eigenvalue weighted by atomic mass is 10.3. The first-order valence-corrected chi connectivity index (χ1v) is 6.15. The van der Waals surface area contributed by atoms with Crippen LogP contribution in [-0.2, 0) is 0 Å². The summed E-state index contributed by atoms with van der Waals surface area (Å²) in [4.78, 5) is 2.18. The molecule has 0 aliphatic carbocycles. The molecule has 1 aromatic rings. The van der Waals surface area contributed by atoms with Gasteiger partial charge in [-0.3, -0.25) is 0 Å². The molecule has 1 rings (SSSR count). The van der Waals surface area contributed by atoms with Gasteiger partial charge in [0, 0.05) is 18.3 Å². The highest BCUT2D eigenvalue weighted by molar-refractivity contribution is 9.10. The fourth-order valence-electron chi connectivity index (χ4n) is 1.40. The van der Waals surface area contributed by atoms with Gasteiger partial charge in [0.15, 0.2) is 0 Å². The van der Waals surface area contributed by atoms with Crippen LogP contribution in [0.3, 0.4) is 0 Å². The Labute approximate surface area is 106 Å². The lowest BCUT2D eigenvalue weighted by molar-refractivity contribution is 0.405. The lowest BCUT2D eigenvalue weighted by Gasteiger charge is -2.11. The standard InChI is InChI=1S/C12H19BrN2O/c1-15(2)8-4-7-14-10-5-6-11(13)12(9-10)16-3/h5-6,9,14H,4,7-8H2,1-3H3. The predicted molar refractivity (Wildman–Crippen MR) is 72.4 cm³/mol. The summed E-state index contributed by atoms with van der Waals surface area (Å²) in [6.07, 6.45) is 1.13. The van der Waals surface area contributed by atoms with Gasteiger partial charge in [-0.15, -0.1) is 0 Å². The average molecular weight is 287 g/mol. The van der Waals surface area contributed by atoms with Gasteiger partial charge in [0.2, 0.25) is 0 Å². The Hall–Kier alpha value is -0.740. The van der Waals surface area contributed by atoms with E-state index >= 15 is 0 Å². The molecule has 1 N–H and O–H groups in total. The van der Waals surface area contributed by atoms with Gasteiger partial charge in [-0.1, -0.05) is 0 Å². The van der Waals surface area contributed by atoms with Crippen LogP contribution in [0.2, 0.25) is 0 Å². The maximum Gasteiger partial charge on any atom is 0.135 e. The zero-order valence-corrected chi connectivity index (χ0v) is 11.7. The number of anilines is 1. The zero-order valence-electron chi connectivity index (χ0n) is 10.1. The number of nitrogens with zero attached hydrogens (tertiary/aromatic N) is 1. The number of benzene rings is 1. The van der Waals surface area contributed by atoms with Gasteiger partial charge in [-0.25, -0.2) is 0 Å². The lowest BCUT2D eigenvalue weighted by Crippen LogP contribution is -2.16. The molecule has 0 bridgehead atoms. The van der Waals surface area contributed by atoms with E-state index in [9.17, 15) is 0 Å². The van der Waals surface area contributed by atoms with Crippen LogP contribution < -0.4 is 10.1 Å². The Kier molecular flexibility index (Phi) is 5.63. The van der Waals surface area contributed by atoms with Crippen molar-refractivity contribution in [3.8, 4) is 5.75 Å². The van der Waals surface area contributed by atoms with Crippen molar-refractivity contribution in [1.82, 2.24) is 4.90 Å². The first kappa shape index (κ1) is 13.3. The Morgan fingerprint density at radius 3 is 2.75 bits per heavy atom. The van der Waals surface area contributed by atoms with Crippen LogP contribution in [0.1, 0.15) is 6.42 Å². The van der Waals surface area contributed by atoms with E-state index in [4.69, 9.17) is 4.74 Å². The summed E-state index contributed by atoms with van der Waals surface area (Å²) in [5, 5.41) is 3.37. The normalized spacial score (nSPS) is 10.6. The highest BCUT2D eigenvalue weighted by Crippen LogP contribution is 2.27. The molecular weight excluding hydrogens is 268 g/mol. The second kappa shape index (κ2) is 6.76. The zero-order chi connectivity index (χ0) is 12.0. The van der Waals surface area contributed by atoms with Gasteiger partial charge < -0.3 is 15.0 Å². The Balaban J connectivity index is 2.42. The topological polar surface area (TPSA) is 24.5 Å². The van der Waals surface area contributed by atoms with Crippen molar-refractivity contribution in [2.75, 3.05) is 39.6 Å². The van der Waals surface area contributed by atoms with Crippen LogP contribution in [-0.4, -0.2) is 39.2 Å². The number of ether oxygens (including phenoxy) is 1. The number of hydrogen-bond donors (Lipinski definition) is 1. The molecule has 3 nitrogen and oxygen atoms in total. The summed E-state index contributed by atoms with van der Waals surface area (Å²) in [6, 6.07) is 6.04. The van der Waals surface area contributed by atoms with Crippen molar-refractivity contribution in [2.45, 2.75) is 6.42 Å². The van der Waals surface area contributed by atoms with Gasteiger partial charge in [-0.05, 0) is 55.1 Å². The van der Waals surface area contributed by atoms with Crippen LogP contribution >= 0.6 is 15.9 Å². The van der Waals surface area contributed by atoms with Crippen LogP contribution in [0.25, 0.3) is 0 Å². The van der Waals surface area contributed by atoms with Gasteiger partial charge in [-0.2, -0.15) is 0 Å². The number of methoxy groups -OCH3 is 1. The highest BCUT2D eigenvalue weighted by atomic mass is 79.9. The van der Waals surface area contributed by atoms with Crippen molar-refractivity contribution >= 4 is 21.6 Å². The molecule has 0 spiro atoms. The number of nitrogens with one attached hydrogen (secondary N) is 1. The predicted octanol–water partition coefficient (Wildman–Crippen LogP) is 2.82. The molecule has 90 valence electrons. The molecule has 4 heteroatoms. The van der Waals surface area contributed by atoms with Crippen molar-refractivity contribution in [3.05, 3.63) is 22.7 Å². The number of halogens is 1. The van der Waals surface area contributed by atoms with Gasteiger partial charge in [0.05, 0.1) is 11.6 Å². The summed E-state index contributed by atoms with van der Waals surface area (Å²) in [7, 11) is 5.85. The van der Waals surface area contributed by atoms with E-state index in [1.165, 1.54) is 0 Å². The molecule has 1 aromatic carbocycles. The third-order valence-electron chi connectivity index (χ3n) is 2.26. The Morgan fingerprint density at radius 1 is 1.38 bits per heavy atom. The maximum atomic E-state index is 5.24. The molecular formula is C12H19BrN2O. The van der Waals surface area contributed by atoms with Crippen molar-refractivity contribution in [3.63, 3.8) is 0 Å². The maximum absolute atomic E-state index is 5.24. The minimum Gasteiger partial charge on any atom is -0.495 e. The molecule has 0 atom stereocenters. The smallest absolute Gasteiger partial charge is 0.135 e. The second-order valence-electron chi connectivity index (χ2n) is 3.93. The van der Waals surface area contributed by atoms with Crippen LogP contribution in [0.15, 0.2) is 22.7 Å². The van der Waals surface area contributed by atoms with Gasteiger partial charge in [0.1, 0.15) is 5.75 Å². The van der Waals surface area contributed by atoms with Crippen LogP contribution in [0.4, 0.5) is 5.69 Å². The third-order valence-corrected chi connectivity index (χ3v) is 2.92. The third kappa shape index (κ3) is 4.41.